The Labute approximate surface area is 88.4 Å². The minimum Gasteiger partial charge on any atom is -0.382 e. The molecule has 2 rings (SSSR count). The van der Waals surface area contributed by atoms with Crippen LogP contribution in [0.4, 0.5) is 5.69 Å². The number of nitrogens with one attached hydrogen (secondary N) is 1. The molecule has 4 heteroatoms. The quantitative estimate of drug-likeness (QED) is 0.834. The molecule has 0 bridgehead atoms. The maximum absolute atomic E-state index is 5.98. The fraction of sp³-hybridized carbons (Fsp3) is 0.500. The van der Waals surface area contributed by atoms with E-state index in [1.165, 1.54) is 0 Å². The van der Waals surface area contributed by atoms with Gasteiger partial charge in [-0.2, -0.15) is 0 Å². The van der Waals surface area contributed by atoms with E-state index in [4.69, 9.17) is 16.3 Å². The number of nitrogens with zero attached hydrogens (tertiary/aromatic N) is 1. The van der Waals surface area contributed by atoms with Crippen LogP contribution in [0.3, 0.4) is 0 Å². The topological polar surface area (TPSA) is 34.2 Å². The average molecular weight is 213 g/mol. The van der Waals surface area contributed by atoms with E-state index in [2.05, 4.69) is 17.2 Å². The van der Waals surface area contributed by atoms with Gasteiger partial charge in [0.25, 0.3) is 0 Å². The number of halogens is 1. The second-order valence-corrected chi connectivity index (χ2v) is 4.42. The third-order valence-electron chi connectivity index (χ3n) is 2.37. The Morgan fingerprint density at radius 1 is 1.64 bits per heavy atom. The van der Waals surface area contributed by atoms with Gasteiger partial charge in [-0.3, -0.25) is 4.98 Å². The molecule has 0 unspecified atom stereocenters. The first kappa shape index (κ1) is 9.74. The van der Waals surface area contributed by atoms with Gasteiger partial charge in [0.15, 0.2) is 0 Å². The van der Waals surface area contributed by atoms with E-state index >= 15 is 0 Å². The van der Waals surface area contributed by atoms with Crippen LogP contribution in [-0.4, -0.2) is 24.7 Å². The molecule has 0 aliphatic carbocycles. The third-order valence-corrected chi connectivity index (χ3v) is 2.70. The van der Waals surface area contributed by atoms with E-state index < -0.39 is 0 Å². The molecular weight excluding hydrogens is 200 g/mol. The smallest absolute Gasteiger partial charge is 0.0716 e. The largest absolute Gasteiger partial charge is 0.382 e. The number of hydrogen-bond acceptors (Lipinski definition) is 3. The lowest BCUT2D eigenvalue weighted by Gasteiger charge is -2.38. The van der Waals surface area contributed by atoms with Crippen molar-refractivity contribution in [2.24, 2.45) is 5.41 Å². The van der Waals surface area contributed by atoms with Gasteiger partial charge in [-0.1, -0.05) is 18.5 Å². The van der Waals surface area contributed by atoms with E-state index in [9.17, 15) is 0 Å². The zero-order chi connectivity index (χ0) is 10.0. The molecule has 1 saturated heterocycles. The molecule has 0 amide bonds. The average Bonchev–Trinajstić information content (AvgIpc) is 2.14. The molecule has 1 fully saturated rings. The first-order chi connectivity index (χ1) is 6.70. The Hall–Kier alpha value is -0.800. The van der Waals surface area contributed by atoms with Crippen molar-refractivity contribution in [2.45, 2.75) is 6.92 Å². The Morgan fingerprint density at radius 3 is 3.00 bits per heavy atom. The number of pyridine rings is 1. The lowest BCUT2D eigenvalue weighted by Crippen LogP contribution is -2.45. The van der Waals surface area contributed by atoms with Crippen molar-refractivity contribution in [3.8, 4) is 0 Å². The van der Waals surface area contributed by atoms with Gasteiger partial charge in [0, 0.05) is 18.2 Å². The van der Waals surface area contributed by atoms with E-state index in [0.717, 1.165) is 25.4 Å². The number of anilines is 1. The Kier molecular flexibility index (Phi) is 2.61. The van der Waals surface area contributed by atoms with Crippen molar-refractivity contribution >= 4 is 17.3 Å². The van der Waals surface area contributed by atoms with Gasteiger partial charge in [-0.25, -0.2) is 0 Å². The molecule has 76 valence electrons. The zero-order valence-corrected chi connectivity index (χ0v) is 8.84. The highest BCUT2D eigenvalue weighted by molar-refractivity contribution is 6.33. The van der Waals surface area contributed by atoms with Crippen LogP contribution >= 0.6 is 11.6 Å². The summed E-state index contributed by atoms with van der Waals surface area (Å²) in [5.74, 6) is 0. The minimum absolute atomic E-state index is 0.249. The molecule has 1 aromatic heterocycles. The summed E-state index contributed by atoms with van der Waals surface area (Å²) < 4.78 is 5.17. The van der Waals surface area contributed by atoms with Crippen LogP contribution < -0.4 is 5.32 Å². The summed E-state index contributed by atoms with van der Waals surface area (Å²) in [4.78, 5) is 4.01. The predicted octanol–water partition coefficient (Wildman–Crippen LogP) is 2.18. The molecule has 14 heavy (non-hydrogen) atoms. The molecular formula is C10H13ClN2O. The summed E-state index contributed by atoms with van der Waals surface area (Å²) in [7, 11) is 0. The first-order valence-electron chi connectivity index (χ1n) is 4.61. The van der Waals surface area contributed by atoms with Crippen molar-refractivity contribution in [3.63, 3.8) is 0 Å². The maximum atomic E-state index is 5.98. The lowest BCUT2D eigenvalue weighted by atomic mass is 9.89. The van der Waals surface area contributed by atoms with Crippen molar-refractivity contribution in [2.75, 3.05) is 25.1 Å². The van der Waals surface area contributed by atoms with Crippen LogP contribution in [0, 0.1) is 5.41 Å². The van der Waals surface area contributed by atoms with Crippen LogP contribution in [0.1, 0.15) is 6.92 Å². The fourth-order valence-electron chi connectivity index (χ4n) is 1.37. The predicted molar refractivity (Wildman–Crippen MR) is 56.7 cm³/mol. The number of hydrogen-bond donors (Lipinski definition) is 1. The SMILES string of the molecule is CC1(CNc2cnccc2Cl)COC1. The highest BCUT2D eigenvalue weighted by atomic mass is 35.5. The van der Waals surface area contributed by atoms with Gasteiger partial charge < -0.3 is 10.1 Å². The number of rotatable bonds is 3. The lowest BCUT2D eigenvalue weighted by molar-refractivity contribution is -0.0924. The highest BCUT2D eigenvalue weighted by Gasteiger charge is 2.33. The van der Waals surface area contributed by atoms with Crippen LogP contribution in [-0.2, 0) is 4.74 Å². The van der Waals surface area contributed by atoms with Gasteiger partial charge in [-0.05, 0) is 6.07 Å². The fourth-order valence-corrected chi connectivity index (χ4v) is 1.54. The maximum Gasteiger partial charge on any atom is 0.0716 e. The van der Waals surface area contributed by atoms with Gasteiger partial charge >= 0.3 is 0 Å². The molecule has 2 heterocycles. The summed E-state index contributed by atoms with van der Waals surface area (Å²) in [6.07, 6.45) is 3.42. The van der Waals surface area contributed by atoms with Crippen LogP contribution in [0.2, 0.25) is 5.02 Å². The van der Waals surface area contributed by atoms with Gasteiger partial charge in [0.05, 0.1) is 30.1 Å². The minimum atomic E-state index is 0.249. The van der Waals surface area contributed by atoms with E-state index in [1.807, 2.05) is 0 Å². The highest BCUT2D eigenvalue weighted by Crippen LogP contribution is 2.28. The summed E-state index contributed by atoms with van der Waals surface area (Å²) >= 11 is 5.98. The molecule has 1 aromatic rings. The molecule has 1 aliphatic rings. The van der Waals surface area contributed by atoms with Crippen LogP contribution in [0.15, 0.2) is 18.5 Å². The molecule has 3 nitrogen and oxygen atoms in total. The molecule has 0 aromatic carbocycles. The van der Waals surface area contributed by atoms with E-state index in [-0.39, 0.29) is 5.41 Å². The van der Waals surface area contributed by atoms with E-state index in [0.29, 0.717) is 5.02 Å². The number of aromatic nitrogens is 1. The van der Waals surface area contributed by atoms with Crippen molar-refractivity contribution in [1.29, 1.82) is 0 Å². The monoisotopic (exact) mass is 212 g/mol. The molecule has 0 radical (unpaired) electrons. The third kappa shape index (κ3) is 1.99. The summed E-state index contributed by atoms with van der Waals surface area (Å²) in [6, 6.07) is 1.78. The Bertz CT molecular complexity index is 326. The first-order valence-corrected chi connectivity index (χ1v) is 4.99. The standard InChI is InChI=1S/C10H13ClN2O/c1-10(6-14-7-10)5-13-9-4-12-3-2-8(9)11/h2-4,13H,5-7H2,1H3. The van der Waals surface area contributed by atoms with Crippen LogP contribution in [0.5, 0.6) is 0 Å². The summed E-state index contributed by atoms with van der Waals surface area (Å²) in [5, 5.41) is 3.99. The zero-order valence-electron chi connectivity index (χ0n) is 8.09. The van der Waals surface area contributed by atoms with Crippen molar-refractivity contribution in [3.05, 3.63) is 23.5 Å². The van der Waals surface area contributed by atoms with E-state index in [1.54, 1.807) is 18.5 Å². The summed E-state index contributed by atoms with van der Waals surface area (Å²) in [5.41, 5.74) is 1.14. The van der Waals surface area contributed by atoms with Crippen LogP contribution in [0.25, 0.3) is 0 Å². The normalized spacial score (nSPS) is 18.7. The van der Waals surface area contributed by atoms with Crippen molar-refractivity contribution in [1.82, 2.24) is 4.98 Å². The Morgan fingerprint density at radius 2 is 2.43 bits per heavy atom. The van der Waals surface area contributed by atoms with Gasteiger partial charge in [-0.15, -0.1) is 0 Å². The van der Waals surface area contributed by atoms with Gasteiger partial charge in [0.2, 0.25) is 0 Å². The molecule has 0 saturated carbocycles. The molecule has 0 spiro atoms. The Balaban J connectivity index is 1.95. The second kappa shape index (κ2) is 3.75. The van der Waals surface area contributed by atoms with Gasteiger partial charge in [0.1, 0.15) is 0 Å². The molecule has 1 aliphatic heterocycles. The second-order valence-electron chi connectivity index (χ2n) is 4.01. The number of ether oxygens (including phenoxy) is 1. The molecule has 1 N–H and O–H groups in total. The van der Waals surface area contributed by atoms with Crippen molar-refractivity contribution < 1.29 is 4.74 Å². The summed E-state index contributed by atoms with van der Waals surface area (Å²) in [6.45, 7) is 4.70. The molecule has 0 atom stereocenters.